The molecule has 0 radical (unpaired) electrons. The molecular formula is C14H16FNO4S. The van der Waals surface area contributed by atoms with Crippen LogP contribution < -0.4 is 0 Å². The van der Waals surface area contributed by atoms with Gasteiger partial charge in [-0.05, 0) is 25.1 Å². The largest absolute Gasteiger partial charge is 0.446 e. The van der Waals surface area contributed by atoms with Crippen LogP contribution in [-0.4, -0.2) is 24.9 Å². The first kappa shape index (κ1) is 15.7. The summed E-state index contributed by atoms with van der Waals surface area (Å²) in [5, 5.41) is 8.65. The van der Waals surface area contributed by atoms with Gasteiger partial charge in [-0.3, -0.25) is 0 Å². The van der Waals surface area contributed by atoms with Crippen LogP contribution in [0.2, 0.25) is 0 Å². The zero-order valence-electron chi connectivity index (χ0n) is 11.7. The van der Waals surface area contributed by atoms with Gasteiger partial charge in [-0.15, -0.1) is 0 Å². The average Bonchev–Trinajstić information content (AvgIpc) is 2.96. The summed E-state index contributed by atoms with van der Waals surface area (Å²) in [6.45, 7) is 1.20. The first-order chi connectivity index (χ1) is 9.87. The quantitative estimate of drug-likeness (QED) is 0.919. The van der Waals surface area contributed by atoms with Crippen molar-refractivity contribution in [2.75, 3.05) is 7.05 Å². The second-order valence-electron chi connectivity index (χ2n) is 4.60. The molecule has 1 aromatic heterocycles. The first-order valence-corrected chi connectivity index (χ1v) is 7.74. The van der Waals surface area contributed by atoms with Gasteiger partial charge in [0, 0.05) is 18.7 Å². The van der Waals surface area contributed by atoms with Gasteiger partial charge >= 0.3 is 0 Å². The highest BCUT2D eigenvalue weighted by molar-refractivity contribution is 7.89. The highest BCUT2D eigenvalue weighted by Crippen LogP contribution is 2.28. The lowest BCUT2D eigenvalue weighted by Crippen LogP contribution is -2.30. The number of rotatable bonds is 5. The number of hydrogen-bond acceptors (Lipinski definition) is 4. The van der Waals surface area contributed by atoms with E-state index in [2.05, 4.69) is 0 Å². The molecule has 5 nitrogen and oxygen atoms in total. The van der Waals surface area contributed by atoms with Gasteiger partial charge in [0.05, 0.1) is 0 Å². The van der Waals surface area contributed by atoms with Crippen molar-refractivity contribution in [3.8, 4) is 0 Å². The smallest absolute Gasteiger partial charge is 0.276 e. The summed E-state index contributed by atoms with van der Waals surface area (Å²) in [7, 11) is -2.55. The molecule has 1 unspecified atom stereocenters. The molecule has 0 aliphatic rings. The van der Waals surface area contributed by atoms with Crippen molar-refractivity contribution in [2.45, 2.75) is 24.7 Å². The van der Waals surface area contributed by atoms with Gasteiger partial charge in [0.1, 0.15) is 18.2 Å². The molecule has 0 fully saturated rings. The fraction of sp³-hybridized carbons (Fsp3) is 0.286. The van der Waals surface area contributed by atoms with E-state index in [1.165, 1.54) is 31.3 Å². The fourth-order valence-electron chi connectivity index (χ4n) is 1.94. The van der Waals surface area contributed by atoms with Crippen LogP contribution >= 0.6 is 0 Å². The lowest BCUT2D eigenvalue weighted by atomic mass is 10.1. The molecule has 0 saturated carbocycles. The van der Waals surface area contributed by atoms with E-state index in [4.69, 9.17) is 9.52 Å². The summed E-state index contributed by atoms with van der Waals surface area (Å²) in [5.74, 6) is -0.317. The third kappa shape index (κ3) is 2.99. The van der Waals surface area contributed by atoms with E-state index in [0.717, 1.165) is 4.31 Å². The Balaban J connectivity index is 2.34. The molecule has 2 aromatic rings. The molecule has 114 valence electrons. The number of benzene rings is 1. The van der Waals surface area contributed by atoms with E-state index >= 15 is 0 Å². The maximum absolute atomic E-state index is 13.8. The van der Waals surface area contributed by atoms with Gasteiger partial charge in [-0.25, -0.2) is 12.8 Å². The molecule has 0 spiro atoms. The lowest BCUT2D eigenvalue weighted by molar-refractivity contribution is 0.234. The third-order valence-corrected chi connectivity index (χ3v) is 5.13. The van der Waals surface area contributed by atoms with E-state index < -0.39 is 21.9 Å². The average molecular weight is 313 g/mol. The zero-order valence-corrected chi connectivity index (χ0v) is 12.5. The molecule has 21 heavy (non-hydrogen) atoms. The van der Waals surface area contributed by atoms with Crippen LogP contribution in [-0.2, 0) is 16.6 Å². The van der Waals surface area contributed by atoms with Gasteiger partial charge in [0.25, 0.3) is 10.0 Å². The van der Waals surface area contributed by atoms with Crippen molar-refractivity contribution in [3.05, 3.63) is 53.5 Å². The second kappa shape index (κ2) is 5.97. The van der Waals surface area contributed by atoms with Crippen molar-refractivity contribution in [2.24, 2.45) is 0 Å². The topological polar surface area (TPSA) is 70.8 Å². The predicted molar refractivity (Wildman–Crippen MR) is 74.4 cm³/mol. The minimum atomic E-state index is -3.90. The molecule has 1 heterocycles. The number of hydrogen-bond donors (Lipinski definition) is 1. The molecule has 0 bridgehead atoms. The predicted octanol–water partition coefficient (Wildman–Crippen LogP) is 2.29. The van der Waals surface area contributed by atoms with Gasteiger partial charge in [0.2, 0.25) is 5.09 Å². The van der Waals surface area contributed by atoms with Crippen molar-refractivity contribution in [1.82, 2.24) is 4.31 Å². The molecule has 1 aromatic carbocycles. The standard InChI is InChI=1S/C14H16FNO4S/c1-10(12-5-3-4-6-13(12)15)16(2)21(18,19)14-8-7-11(9-17)20-14/h3-8,10,17H,9H2,1-2H3. The summed E-state index contributed by atoms with van der Waals surface area (Å²) < 4.78 is 44.7. The third-order valence-electron chi connectivity index (χ3n) is 3.33. The van der Waals surface area contributed by atoms with Crippen molar-refractivity contribution < 1.29 is 22.3 Å². The van der Waals surface area contributed by atoms with Gasteiger partial charge in [-0.2, -0.15) is 4.31 Å². The highest BCUT2D eigenvalue weighted by atomic mass is 32.2. The summed E-state index contributed by atoms with van der Waals surface area (Å²) in [4.78, 5) is 0. The monoisotopic (exact) mass is 313 g/mol. The van der Waals surface area contributed by atoms with E-state index in [-0.39, 0.29) is 23.0 Å². The number of sulfonamides is 1. The van der Waals surface area contributed by atoms with Crippen molar-refractivity contribution in [3.63, 3.8) is 0 Å². The van der Waals surface area contributed by atoms with Crippen LogP contribution in [0.25, 0.3) is 0 Å². The Bertz CT molecular complexity index is 726. The van der Waals surface area contributed by atoms with E-state index in [9.17, 15) is 12.8 Å². The van der Waals surface area contributed by atoms with Gasteiger partial charge < -0.3 is 9.52 Å². The minimum Gasteiger partial charge on any atom is -0.446 e. The Morgan fingerprint density at radius 2 is 1.95 bits per heavy atom. The Labute approximate surface area is 122 Å². The zero-order chi connectivity index (χ0) is 15.6. The summed E-state index contributed by atoms with van der Waals surface area (Å²) >= 11 is 0. The Kier molecular flexibility index (Phi) is 4.46. The number of furan rings is 1. The van der Waals surface area contributed by atoms with Crippen LogP contribution in [0, 0.1) is 5.82 Å². The summed E-state index contributed by atoms with van der Waals surface area (Å²) in [5.41, 5.74) is 0.275. The maximum Gasteiger partial charge on any atom is 0.276 e. The number of halogens is 1. The van der Waals surface area contributed by atoms with Crippen molar-refractivity contribution >= 4 is 10.0 Å². The first-order valence-electron chi connectivity index (χ1n) is 6.30. The molecular weight excluding hydrogens is 297 g/mol. The molecule has 7 heteroatoms. The van der Waals surface area contributed by atoms with E-state index in [0.29, 0.717) is 0 Å². The molecule has 1 atom stereocenters. The highest BCUT2D eigenvalue weighted by Gasteiger charge is 2.30. The minimum absolute atomic E-state index is 0.153. The van der Waals surface area contributed by atoms with Crippen LogP contribution in [0.4, 0.5) is 4.39 Å². The van der Waals surface area contributed by atoms with Crippen LogP contribution in [0.1, 0.15) is 24.3 Å². The van der Waals surface area contributed by atoms with E-state index in [1.807, 2.05) is 0 Å². The van der Waals surface area contributed by atoms with Crippen molar-refractivity contribution in [1.29, 1.82) is 0 Å². The van der Waals surface area contributed by atoms with Gasteiger partial charge in [0.15, 0.2) is 0 Å². The van der Waals surface area contributed by atoms with Crippen LogP contribution in [0.15, 0.2) is 45.9 Å². The molecule has 0 saturated heterocycles. The Morgan fingerprint density at radius 1 is 1.29 bits per heavy atom. The van der Waals surface area contributed by atoms with Crippen LogP contribution in [0.3, 0.4) is 0 Å². The molecule has 0 aliphatic heterocycles. The van der Waals surface area contributed by atoms with E-state index in [1.54, 1.807) is 19.1 Å². The maximum atomic E-state index is 13.8. The number of aliphatic hydroxyl groups excluding tert-OH is 1. The number of aliphatic hydroxyl groups is 1. The Morgan fingerprint density at radius 3 is 2.52 bits per heavy atom. The summed E-state index contributed by atoms with van der Waals surface area (Å²) in [6, 6.07) is 7.96. The molecule has 0 aliphatic carbocycles. The molecule has 1 N–H and O–H groups in total. The normalized spacial score (nSPS) is 13.6. The van der Waals surface area contributed by atoms with Gasteiger partial charge in [-0.1, -0.05) is 18.2 Å². The lowest BCUT2D eigenvalue weighted by Gasteiger charge is -2.23. The Hall–Kier alpha value is -1.70. The fourth-order valence-corrected chi connectivity index (χ4v) is 3.21. The second-order valence-corrected chi connectivity index (χ2v) is 6.53. The SMILES string of the molecule is CC(c1ccccc1F)N(C)S(=O)(=O)c1ccc(CO)o1. The number of nitrogens with zero attached hydrogens (tertiary/aromatic N) is 1. The molecule has 2 rings (SSSR count). The van der Waals surface area contributed by atoms with Crippen LogP contribution in [0.5, 0.6) is 0 Å². The molecule has 0 amide bonds. The summed E-state index contributed by atoms with van der Waals surface area (Å²) in [6.07, 6.45) is 0.